The first-order valence-corrected chi connectivity index (χ1v) is 7.29. The van der Waals surface area contributed by atoms with Gasteiger partial charge in [0.2, 0.25) is 5.91 Å². The molecule has 2 saturated carbocycles. The first kappa shape index (κ1) is 13.0. The van der Waals surface area contributed by atoms with Gasteiger partial charge in [0, 0.05) is 10.4 Å². The maximum atomic E-state index is 13.7. The van der Waals surface area contributed by atoms with Crippen molar-refractivity contribution in [2.24, 2.45) is 17.8 Å². The van der Waals surface area contributed by atoms with E-state index in [1.807, 2.05) is 0 Å². The molecule has 1 aromatic carbocycles. The molecule has 3 rings (SSSR count). The second kappa shape index (κ2) is 4.85. The van der Waals surface area contributed by atoms with Crippen LogP contribution in [0.3, 0.4) is 0 Å². The lowest BCUT2D eigenvalue weighted by molar-refractivity contribution is -0.121. The molecular weight excluding hydrogens is 316 g/mol. The second-order valence-electron chi connectivity index (χ2n) is 5.52. The van der Waals surface area contributed by atoms with Gasteiger partial charge >= 0.3 is 0 Å². The Balaban J connectivity index is 1.77. The van der Waals surface area contributed by atoms with Crippen LogP contribution in [0, 0.1) is 29.4 Å². The molecule has 3 unspecified atom stereocenters. The Morgan fingerprint density at radius 3 is 2.42 bits per heavy atom. The topological polar surface area (TPSA) is 29.1 Å². The summed E-state index contributed by atoms with van der Waals surface area (Å²) in [7, 11) is 0. The number of benzene rings is 1. The van der Waals surface area contributed by atoms with Gasteiger partial charge < -0.3 is 5.32 Å². The molecule has 1 N–H and O–H groups in total. The predicted octanol–water partition coefficient (Wildman–Crippen LogP) is 4.10. The second-order valence-corrected chi connectivity index (χ2v) is 6.43. The SMILES string of the molecule is O=C(Nc1c(F)cc(Br)cc1F)C1CC2CCC1C2. The van der Waals surface area contributed by atoms with Crippen molar-refractivity contribution < 1.29 is 13.6 Å². The highest BCUT2D eigenvalue weighted by Gasteiger charge is 2.43. The van der Waals surface area contributed by atoms with E-state index in [0.717, 1.165) is 31.4 Å². The molecule has 0 heterocycles. The van der Waals surface area contributed by atoms with Crippen molar-refractivity contribution in [2.75, 3.05) is 5.32 Å². The normalized spacial score (nSPS) is 28.7. The molecule has 3 atom stereocenters. The summed E-state index contributed by atoms with van der Waals surface area (Å²) in [6, 6.07) is 2.30. The van der Waals surface area contributed by atoms with E-state index in [2.05, 4.69) is 21.2 Å². The van der Waals surface area contributed by atoms with Crippen LogP contribution >= 0.6 is 15.9 Å². The van der Waals surface area contributed by atoms with E-state index < -0.39 is 11.6 Å². The van der Waals surface area contributed by atoms with Crippen LogP contribution in [0.5, 0.6) is 0 Å². The quantitative estimate of drug-likeness (QED) is 0.869. The Bertz CT molecular complexity index is 511. The van der Waals surface area contributed by atoms with Gasteiger partial charge in [0.25, 0.3) is 0 Å². The third-order valence-corrected chi connectivity index (χ3v) is 4.79. The molecule has 0 aliphatic heterocycles. The monoisotopic (exact) mass is 329 g/mol. The summed E-state index contributed by atoms with van der Waals surface area (Å²) in [4.78, 5) is 12.1. The van der Waals surface area contributed by atoms with Crippen LogP contribution in [0.15, 0.2) is 16.6 Å². The van der Waals surface area contributed by atoms with Gasteiger partial charge in [0.05, 0.1) is 0 Å². The highest BCUT2D eigenvalue weighted by atomic mass is 79.9. The molecule has 5 heteroatoms. The lowest BCUT2D eigenvalue weighted by atomic mass is 9.88. The molecule has 19 heavy (non-hydrogen) atoms. The smallest absolute Gasteiger partial charge is 0.227 e. The van der Waals surface area contributed by atoms with Crippen LogP contribution < -0.4 is 5.32 Å². The van der Waals surface area contributed by atoms with Gasteiger partial charge in [0.1, 0.15) is 5.69 Å². The summed E-state index contributed by atoms with van der Waals surface area (Å²) in [6.07, 6.45) is 4.20. The van der Waals surface area contributed by atoms with Crippen LogP contribution in [-0.4, -0.2) is 5.91 Å². The predicted molar refractivity (Wildman–Crippen MR) is 71.6 cm³/mol. The number of fused-ring (bicyclic) bond motifs is 2. The fourth-order valence-electron chi connectivity index (χ4n) is 3.44. The number of anilines is 1. The summed E-state index contributed by atoms with van der Waals surface area (Å²) >= 11 is 3.01. The zero-order valence-electron chi connectivity index (χ0n) is 10.3. The number of nitrogens with one attached hydrogen (secondary N) is 1. The van der Waals surface area contributed by atoms with E-state index in [1.54, 1.807) is 0 Å². The molecule has 102 valence electrons. The Labute approximate surface area is 118 Å². The Morgan fingerprint density at radius 1 is 1.21 bits per heavy atom. The number of hydrogen-bond donors (Lipinski definition) is 1. The van der Waals surface area contributed by atoms with Gasteiger partial charge in [-0.05, 0) is 43.2 Å². The minimum atomic E-state index is -0.747. The highest BCUT2D eigenvalue weighted by molar-refractivity contribution is 9.10. The van der Waals surface area contributed by atoms with Crippen LogP contribution in [-0.2, 0) is 4.79 Å². The van der Waals surface area contributed by atoms with E-state index >= 15 is 0 Å². The lowest BCUT2D eigenvalue weighted by Crippen LogP contribution is -2.28. The maximum Gasteiger partial charge on any atom is 0.227 e. The molecule has 2 nitrogen and oxygen atoms in total. The molecule has 2 aliphatic carbocycles. The molecule has 1 amide bonds. The zero-order chi connectivity index (χ0) is 13.6. The summed E-state index contributed by atoms with van der Waals surface area (Å²) in [5.74, 6) is -0.799. The molecule has 0 aromatic heterocycles. The number of carbonyl (C=O) groups excluding carboxylic acids is 1. The van der Waals surface area contributed by atoms with Crippen molar-refractivity contribution in [2.45, 2.75) is 25.7 Å². The number of rotatable bonds is 2. The third-order valence-electron chi connectivity index (χ3n) is 4.33. The summed E-state index contributed by atoms with van der Waals surface area (Å²) in [5.41, 5.74) is -0.337. The Kier molecular flexibility index (Phi) is 3.33. The van der Waals surface area contributed by atoms with Crippen molar-refractivity contribution in [1.29, 1.82) is 0 Å². The van der Waals surface area contributed by atoms with Crippen molar-refractivity contribution in [1.82, 2.24) is 0 Å². The van der Waals surface area contributed by atoms with E-state index in [4.69, 9.17) is 0 Å². The lowest BCUT2D eigenvalue weighted by Gasteiger charge is -2.21. The van der Waals surface area contributed by atoms with E-state index in [1.165, 1.54) is 6.42 Å². The van der Waals surface area contributed by atoms with Gasteiger partial charge in [-0.2, -0.15) is 0 Å². The highest BCUT2D eigenvalue weighted by Crippen LogP contribution is 2.48. The molecule has 0 saturated heterocycles. The van der Waals surface area contributed by atoms with Crippen LogP contribution in [0.2, 0.25) is 0 Å². The average Bonchev–Trinajstić information content (AvgIpc) is 2.95. The van der Waals surface area contributed by atoms with Crippen LogP contribution in [0.1, 0.15) is 25.7 Å². The van der Waals surface area contributed by atoms with Crippen molar-refractivity contribution in [3.8, 4) is 0 Å². The standard InChI is InChI=1S/C14H14BrF2NO/c15-9-5-11(16)13(12(17)6-9)18-14(19)10-4-7-1-2-8(10)3-7/h5-8,10H,1-4H2,(H,18,19). The maximum absolute atomic E-state index is 13.7. The molecule has 2 fully saturated rings. The van der Waals surface area contributed by atoms with Gasteiger partial charge in [-0.3, -0.25) is 4.79 Å². The van der Waals surface area contributed by atoms with Crippen LogP contribution in [0.4, 0.5) is 14.5 Å². The van der Waals surface area contributed by atoms with Gasteiger partial charge in [-0.1, -0.05) is 22.4 Å². The zero-order valence-corrected chi connectivity index (χ0v) is 11.8. The first-order chi connectivity index (χ1) is 9.04. The summed E-state index contributed by atoms with van der Waals surface area (Å²) in [6.45, 7) is 0. The van der Waals surface area contributed by atoms with Crippen LogP contribution in [0.25, 0.3) is 0 Å². The van der Waals surface area contributed by atoms with Crippen molar-refractivity contribution in [3.05, 3.63) is 28.2 Å². The molecule has 2 bridgehead atoms. The third kappa shape index (κ3) is 2.40. The summed E-state index contributed by atoms with van der Waals surface area (Å²) < 4.78 is 27.6. The fourth-order valence-corrected chi connectivity index (χ4v) is 3.85. The first-order valence-electron chi connectivity index (χ1n) is 6.50. The Morgan fingerprint density at radius 2 is 1.89 bits per heavy atom. The van der Waals surface area contributed by atoms with Gasteiger partial charge in [-0.15, -0.1) is 0 Å². The van der Waals surface area contributed by atoms with Crippen molar-refractivity contribution in [3.63, 3.8) is 0 Å². The van der Waals surface area contributed by atoms with E-state index in [0.29, 0.717) is 16.3 Å². The largest absolute Gasteiger partial charge is 0.321 e. The minimum Gasteiger partial charge on any atom is -0.321 e. The summed E-state index contributed by atoms with van der Waals surface area (Å²) in [5, 5.41) is 2.42. The van der Waals surface area contributed by atoms with Gasteiger partial charge in [-0.25, -0.2) is 8.78 Å². The molecule has 2 aliphatic rings. The number of hydrogen-bond acceptors (Lipinski definition) is 1. The minimum absolute atomic E-state index is 0.0822. The molecule has 1 aromatic rings. The number of amides is 1. The number of halogens is 3. The van der Waals surface area contributed by atoms with Gasteiger partial charge in [0.15, 0.2) is 11.6 Å². The molecule has 0 radical (unpaired) electrons. The Hall–Kier alpha value is -0.970. The fraction of sp³-hybridized carbons (Fsp3) is 0.500. The number of carbonyl (C=O) groups is 1. The van der Waals surface area contributed by atoms with Crippen molar-refractivity contribution >= 4 is 27.5 Å². The average molecular weight is 330 g/mol. The molecule has 0 spiro atoms. The van der Waals surface area contributed by atoms with E-state index in [9.17, 15) is 13.6 Å². The van der Waals surface area contributed by atoms with E-state index in [-0.39, 0.29) is 17.5 Å². The molecular formula is C14H14BrF2NO.